The molecule has 0 saturated carbocycles. The summed E-state index contributed by atoms with van der Waals surface area (Å²) < 4.78 is 24.5. The topological polar surface area (TPSA) is 124 Å². The molecule has 1 aromatic heterocycles. The molecule has 10 heteroatoms. The molecule has 5 rings (SSSR count). The minimum atomic E-state index is -3.50. The maximum atomic E-state index is 13.2. The Balaban J connectivity index is 1.42. The summed E-state index contributed by atoms with van der Waals surface area (Å²) in [6, 6.07) is 1.60. The zero-order valence-corrected chi connectivity index (χ0v) is 18.5. The molecule has 166 valence electrons. The zero-order chi connectivity index (χ0) is 21.6. The van der Waals surface area contributed by atoms with Crippen molar-refractivity contribution in [3.8, 4) is 5.88 Å². The van der Waals surface area contributed by atoms with Crippen molar-refractivity contribution in [2.75, 3.05) is 25.5 Å². The van der Waals surface area contributed by atoms with Crippen LogP contribution < -0.4 is 20.5 Å². The van der Waals surface area contributed by atoms with E-state index in [4.69, 9.17) is 9.88 Å². The van der Waals surface area contributed by atoms with E-state index < -0.39 is 15.9 Å². The van der Waals surface area contributed by atoms with Crippen molar-refractivity contribution in [2.24, 2.45) is 15.4 Å². The van der Waals surface area contributed by atoms with Crippen molar-refractivity contribution in [1.29, 1.82) is 0 Å². The number of urea groups is 1. The van der Waals surface area contributed by atoms with Gasteiger partial charge in [-0.15, -0.1) is 4.36 Å². The molecule has 3 aliphatic rings. The summed E-state index contributed by atoms with van der Waals surface area (Å²) in [4.78, 5) is 13.0. The zero-order valence-electron chi connectivity index (χ0n) is 17.6. The molecule has 31 heavy (non-hydrogen) atoms. The number of ether oxygens (including phenoxy) is 1. The summed E-state index contributed by atoms with van der Waals surface area (Å²) in [5.41, 5.74) is 5.85. The Morgan fingerprint density at radius 2 is 2.00 bits per heavy atom. The van der Waals surface area contributed by atoms with Crippen LogP contribution in [0.5, 0.6) is 5.88 Å². The van der Waals surface area contributed by atoms with Crippen molar-refractivity contribution in [3.05, 3.63) is 34.5 Å². The van der Waals surface area contributed by atoms with E-state index in [1.807, 2.05) is 7.05 Å². The molecule has 2 aliphatic carbocycles. The van der Waals surface area contributed by atoms with Gasteiger partial charge in [0.15, 0.2) is 9.92 Å². The van der Waals surface area contributed by atoms with E-state index >= 15 is 0 Å². The average Bonchev–Trinajstić information content (AvgIpc) is 3.46. The van der Waals surface area contributed by atoms with Gasteiger partial charge in [-0.05, 0) is 67.8 Å². The van der Waals surface area contributed by atoms with E-state index in [1.165, 1.54) is 28.5 Å². The largest absolute Gasteiger partial charge is 0.476 e. The highest BCUT2D eigenvalue weighted by molar-refractivity contribution is 7.91. The summed E-state index contributed by atoms with van der Waals surface area (Å²) in [7, 11) is -1.62. The molecule has 2 amide bonds. The number of hydrogen-bond donors (Lipinski definition) is 3. The monoisotopic (exact) mass is 444 g/mol. The molecule has 4 N–H and O–H groups in total. The maximum absolute atomic E-state index is 13.2. The van der Waals surface area contributed by atoms with Gasteiger partial charge in [0, 0.05) is 18.2 Å². The number of fused-ring (bicyclic) bond motifs is 3. The van der Waals surface area contributed by atoms with Crippen molar-refractivity contribution >= 4 is 21.6 Å². The molecule has 9 nitrogen and oxygen atoms in total. The van der Waals surface area contributed by atoms with Gasteiger partial charge in [-0.3, -0.25) is 0 Å². The van der Waals surface area contributed by atoms with E-state index in [0.29, 0.717) is 19.0 Å². The summed E-state index contributed by atoms with van der Waals surface area (Å²) in [6.45, 7) is 1.87. The first-order valence-electron chi connectivity index (χ1n) is 10.8. The van der Waals surface area contributed by atoms with Crippen LogP contribution in [-0.2, 0) is 42.1 Å². The molecule has 0 radical (unpaired) electrons. The Morgan fingerprint density at radius 3 is 2.68 bits per heavy atom. The number of aromatic nitrogens is 2. The number of nitrogens with zero attached hydrogens (tertiary/aromatic N) is 3. The minimum Gasteiger partial charge on any atom is -0.476 e. The highest BCUT2D eigenvalue weighted by Crippen LogP contribution is 2.38. The second-order valence-electron chi connectivity index (χ2n) is 8.55. The van der Waals surface area contributed by atoms with Gasteiger partial charge in [-0.1, -0.05) is 6.07 Å². The first-order valence-corrected chi connectivity index (χ1v) is 12.4. The van der Waals surface area contributed by atoms with E-state index in [-0.39, 0.29) is 10.8 Å². The number of benzene rings is 1. The first kappa shape index (κ1) is 20.5. The van der Waals surface area contributed by atoms with Crippen LogP contribution in [0.1, 0.15) is 35.1 Å². The predicted octanol–water partition coefficient (Wildman–Crippen LogP) is 2.02. The van der Waals surface area contributed by atoms with Crippen LogP contribution >= 0.6 is 0 Å². The highest BCUT2D eigenvalue weighted by atomic mass is 32.2. The lowest BCUT2D eigenvalue weighted by atomic mass is 9.99. The smallest absolute Gasteiger partial charge is 0.354 e. The van der Waals surface area contributed by atoms with Crippen LogP contribution in [0.2, 0.25) is 0 Å². The number of hydrogen-bond acceptors (Lipinski definition) is 5. The van der Waals surface area contributed by atoms with Gasteiger partial charge in [0.1, 0.15) is 4.90 Å². The van der Waals surface area contributed by atoms with Crippen LogP contribution in [-0.4, -0.2) is 40.2 Å². The third-order valence-corrected chi connectivity index (χ3v) is 7.73. The van der Waals surface area contributed by atoms with Crippen LogP contribution in [0.25, 0.3) is 0 Å². The highest BCUT2D eigenvalue weighted by Gasteiger charge is 2.29. The van der Waals surface area contributed by atoms with Gasteiger partial charge in [0.25, 0.3) is 0 Å². The Hall–Kier alpha value is -2.43. The van der Waals surface area contributed by atoms with Gasteiger partial charge in [-0.2, -0.15) is 5.10 Å². The molecule has 0 fully saturated rings. The molecule has 2 atom stereocenters. The Morgan fingerprint density at radius 1 is 1.29 bits per heavy atom. The molecule has 1 aromatic carbocycles. The average molecular weight is 445 g/mol. The molecule has 2 heterocycles. The maximum Gasteiger partial charge on any atom is 0.354 e. The summed E-state index contributed by atoms with van der Waals surface area (Å²) in [6.07, 6.45) is 7.51. The Labute approximate surface area is 182 Å². The van der Waals surface area contributed by atoms with E-state index in [1.54, 1.807) is 4.68 Å². The molecule has 2 aromatic rings. The fourth-order valence-electron chi connectivity index (χ4n) is 5.01. The van der Waals surface area contributed by atoms with Gasteiger partial charge >= 0.3 is 6.03 Å². The number of nitrogens with two attached hydrogens (primary N) is 1. The molecule has 1 unspecified atom stereocenters. The first-order chi connectivity index (χ1) is 15.0. The summed E-state index contributed by atoms with van der Waals surface area (Å²) in [5.74, 6) is 0.583. The van der Waals surface area contributed by atoms with Gasteiger partial charge in [0.2, 0.25) is 5.88 Å². The lowest BCUT2D eigenvalue weighted by molar-refractivity contribution is 0.159. The fraction of sp³-hybridized carbons (Fsp3) is 0.524. The molecule has 1 aliphatic heterocycles. The Kier molecular flexibility index (Phi) is 5.23. The standard InChI is InChI=1S/C21H28N6O3S/c1-23-9-13-11-27-20(30-12-13)18(10-24-27)31(22,29)26-21(28)25-19-16-6-2-4-14(16)8-15-5-3-7-17(15)19/h8,10,13,23H,2-7,9,11-12H2,1H3,(H3,22,25,26,28,29)/t13-,31?/m0/s1. The molecule has 0 saturated heterocycles. The third kappa shape index (κ3) is 3.72. The van der Waals surface area contributed by atoms with Crippen molar-refractivity contribution in [3.63, 3.8) is 0 Å². The SMILES string of the molecule is CNC[C@@H]1COc2c(S(N)(=O)=NC(=O)Nc3c4c(cc5c3CCC5)CCC4)cnn2C1. The second kappa shape index (κ2) is 7.92. The summed E-state index contributed by atoms with van der Waals surface area (Å²) in [5, 5.41) is 16.3. The molecular weight excluding hydrogens is 416 g/mol. The molecular formula is C21H28N6O3S. The van der Waals surface area contributed by atoms with Crippen LogP contribution in [0.3, 0.4) is 0 Å². The minimum absolute atomic E-state index is 0.161. The van der Waals surface area contributed by atoms with Crippen molar-refractivity contribution < 1.29 is 13.7 Å². The van der Waals surface area contributed by atoms with Crippen molar-refractivity contribution in [2.45, 2.75) is 50.0 Å². The van der Waals surface area contributed by atoms with E-state index in [9.17, 15) is 9.00 Å². The Bertz CT molecular complexity index is 1130. The number of aryl methyl sites for hydroxylation is 2. The quantitative estimate of drug-likeness (QED) is 0.666. The van der Waals surface area contributed by atoms with Crippen LogP contribution in [0.4, 0.5) is 10.5 Å². The lowest BCUT2D eigenvalue weighted by Gasteiger charge is -2.24. The number of nitrogens with one attached hydrogen (secondary N) is 2. The molecule has 0 spiro atoms. The molecule has 0 bridgehead atoms. The normalized spacial score (nSPS) is 20.9. The van der Waals surface area contributed by atoms with E-state index in [2.05, 4.69) is 26.2 Å². The number of anilines is 1. The number of carbonyl (C=O) groups is 1. The van der Waals surface area contributed by atoms with Gasteiger partial charge in [-0.25, -0.2) is 18.8 Å². The summed E-state index contributed by atoms with van der Waals surface area (Å²) >= 11 is 0. The predicted molar refractivity (Wildman–Crippen MR) is 118 cm³/mol. The van der Waals surface area contributed by atoms with Gasteiger partial charge in [0.05, 0.1) is 19.3 Å². The third-order valence-electron chi connectivity index (χ3n) is 6.38. The lowest BCUT2D eigenvalue weighted by Crippen LogP contribution is -2.33. The van der Waals surface area contributed by atoms with Crippen molar-refractivity contribution in [1.82, 2.24) is 15.1 Å². The number of rotatable bonds is 4. The number of amides is 2. The van der Waals surface area contributed by atoms with Crippen LogP contribution in [0.15, 0.2) is 21.5 Å². The second-order valence-corrected chi connectivity index (χ2v) is 10.3. The number of carbonyl (C=O) groups excluding carboxylic acids is 1. The van der Waals surface area contributed by atoms with Gasteiger partial charge < -0.3 is 15.4 Å². The van der Waals surface area contributed by atoms with Crippen LogP contribution in [0, 0.1) is 5.92 Å². The van der Waals surface area contributed by atoms with E-state index in [0.717, 1.165) is 50.8 Å². The fourth-order valence-corrected chi connectivity index (χ4v) is 6.01.